The third-order valence-corrected chi connectivity index (χ3v) is 14.6. The van der Waals surface area contributed by atoms with Crippen LogP contribution in [0.5, 0.6) is 0 Å². The molecule has 8 aromatic rings. The molecule has 1 aliphatic heterocycles. The molecular formula is C61H61Cl3FN13O11S5. The molecule has 0 aliphatic carbocycles. The lowest BCUT2D eigenvalue weighted by atomic mass is 10.2. The van der Waals surface area contributed by atoms with E-state index in [-0.39, 0.29) is 49.7 Å². The van der Waals surface area contributed by atoms with Crippen molar-refractivity contribution in [2.75, 3.05) is 108 Å². The zero-order chi connectivity index (χ0) is 68.5. The lowest BCUT2D eigenvalue weighted by Gasteiger charge is -2.25. The van der Waals surface area contributed by atoms with Crippen molar-refractivity contribution in [3.63, 3.8) is 0 Å². The monoisotopic (exact) mass is 1440 g/mol. The van der Waals surface area contributed by atoms with Gasteiger partial charge in [0.05, 0.1) is 76.2 Å². The Kier molecular flexibility index (Phi) is 28.1. The average molecular weight is 1440 g/mol. The third kappa shape index (κ3) is 26.8. The van der Waals surface area contributed by atoms with Crippen molar-refractivity contribution in [3.8, 4) is 0 Å². The summed E-state index contributed by atoms with van der Waals surface area (Å²) in [6.45, 7) is 4.56. The van der Waals surface area contributed by atoms with E-state index in [0.29, 0.717) is 80.5 Å². The van der Waals surface area contributed by atoms with Crippen LogP contribution in [-0.4, -0.2) is 111 Å². The maximum Gasteiger partial charge on any atom is 0.371 e. The van der Waals surface area contributed by atoms with Crippen molar-refractivity contribution < 1.29 is 54.7 Å². The number of nitrogens with one attached hydrogen (secondary N) is 11. The van der Waals surface area contributed by atoms with Gasteiger partial charge in [-0.15, -0.1) is 0 Å². The third-order valence-electron chi connectivity index (χ3n) is 11.9. The number of carbonyl (C=O) groups excluding carboxylic acids is 3. The van der Waals surface area contributed by atoms with E-state index >= 15 is 0 Å². The number of hydrogen-bond acceptors (Lipinski definition) is 15. The molecule has 24 nitrogen and oxygen atoms in total. The van der Waals surface area contributed by atoms with Crippen LogP contribution >= 0.6 is 71.5 Å². The van der Waals surface area contributed by atoms with Gasteiger partial charge in [-0.2, -0.15) is 0 Å². The number of carbonyl (C=O) groups is 4. The van der Waals surface area contributed by atoms with E-state index in [0.717, 1.165) is 37.0 Å². The number of nitrogen functional groups attached to an aromatic ring is 1. The molecule has 0 spiro atoms. The first-order valence-electron chi connectivity index (χ1n) is 27.4. The molecule has 1 aromatic heterocycles. The summed E-state index contributed by atoms with van der Waals surface area (Å²) < 4.78 is 73.3. The van der Waals surface area contributed by atoms with Gasteiger partial charge in [0.25, 0.3) is 5.91 Å². The number of carboxylic acids is 1. The summed E-state index contributed by atoms with van der Waals surface area (Å²) in [7, 11) is -6.85. The molecule has 33 heteroatoms. The van der Waals surface area contributed by atoms with Crippen LogP contribution in [-0.2, 0) is 34.4 Å². The molecule has 1 aliphatic rings. The van der Waals surface area contributed by atoms with Gasteiger partial charge in [-0.05, 0) is 188 Å². The van der Waals surface area contributed by atoms with Crippen molar-refractivity contribution in [1.82, 2.24) is 4.90 Å². The number of morpholine rings is 1. The van der Waals surface area contributed by atoms with Crippen LogP contribution in [0.25, 0.3) is 0 Å². The number of halogens is 4. The van der Waals surface area contributed by atoms with Gasteiger partial charge in [0.15, 0.2) is 15.3 Å². The summed E-state index contributed by atoms with van der Waals surface area (Å²) in [5, 5.41) is 36.2. The average Bonchev–Trinajstić information content (AvgIpc) is 1.20. The van der Waals surface area contributed by atoms with Gasteiger partial charge in [-0.1, -0.05) is 46.9 Å². The topological polar surface area (TPSA) is 341 Å². The van der Waals surface area contributed by atoms with E-state index < -0.39 is 37.7 Å². The van der Waals surface area contributed by atoms with Crippen molar-refractivity contribution in [2.24, 2.45) is 0 Å². The lowest BCUT2D eigenvalue weighted by Crippen LogP contribution is -2.41. The van der Waals surface area contributed by atoms with Crippen molar-refractivity contribution in [1.29, 1.82) is 0 Å². The Bertz CT molecular complexity index is 4220. The van der Waals surface area contributed by atoms with E-state index in [9.17, 15) is 40.4 Å². The van der Waals surface area contributed by atoms with E-state index in [4.69, 9.17) is 87.0 Å². The van der Waals surface area contributed by atoms with Crippen molar-refractivity contribution in [2.45, 2.75) is 6.92 Å². The summed E-state index contributed by atoms with van der Waals surface area (Å²) in [4.78, 5) is 47.4. The van der Waals surface area contributed by atoms with Gasteiger partial charge in [0.2, 0.25) is 37.6 Å². The van der Waals surface area contributed by atoms with Crippen molar-refractivity contribution >= 4 is 199 Å². The van der Waals surface area contributed by atoms with Crippen molar-refractivity contribution in [3.05, 3.63) is 202 Å². The van der Waals surface area contributed by atoms with Gasteiger partial charge in [-0.3, -0.25) is 28.7 Å². The number of anilines is 12. The molecule has 9 rings (SSSR count). The first-order chi connectivity index (χ1) is 44.5. The van der Waals surface area contributed by atoms with E-state index in [1.165, 1.54) is 61.7 Å². The number of thiocarbonyl (C=S) groups is 3. The maximum atomic E-state index is 13.7. The highest BCUT2D eigenvalue weighted by molar-refractivity contribution is 7.92. The number of benzene rings is 7. The standard InChI is InChI=1S/C21H18ClFN4O3S2.C19H22ClN5O2S.C16H17ClN4O3S2.C5H4O3/c1-32(29,30)27-19-11-10-15(12-17(19)22)26-21(31)25-14-8-6-13(7-9-14)24-20(28)16-4-2-3-5-18(16)23;20-16-11-15(23-19(28)22-14-3-1-13(21)2-4-14)5-6-17(16)24-18(26)12-25-7-9-27-10-8-25;1-10(22)18-11-3-5-12(6-4-11)19-16(25)20-13-7-8-15(14(17)9-13)21-26(2,23)24;6-5(7)4-2-1-3-8-4/h2-12,27H,1H3,(H,24,28)(H2,25,26,31);1-6,11H,7-10,12,21H2,(H,24,26)(H2,22,23,28);3-9,21H,1-2H3,(H,18,22)(H2,19,20,25);1-3H,(H,6,7). The highest BCUT2D eigenvalue weighted by Gasteiger charge is 2.17. The number of ether oxygens (including phenoxy) is 1. The Morgan fingerprint density at radius 1 is 0.532 bits per heavy atom. The largest absolute Gasteiger partial charge is 0.475 e. The molecule has 94 heavy (non-hydrogen) atoms. The SMILES string of the molecule is CC(=O)Nc1ccc(NC(=S)Nc2ccc(NS(C)(=O)=O)c(Cl)c2)cc1.CS(=O)(=O)Nc1ccc(NC(=S)Nc2ccc(NC(=O)c3ccccc3F)cc2)cc1Cl.Nc1ccc(NC(=S)Nc2ccc(NC(=O)CN3CCOCC3)c(Cl)c2)cc1.O=C(O)c1ccco1. The fraction of sp³-hybridized carbons (Fsp3) is 0.131. The normalized spacial score (nSPS) is 11.7. The molecule has 7 aromatic carbocycles. The number of rotatable bonds is 17. The Balaban J connectivity index is 0.000000211. The Morgan fingerprint density at radius 2 is 0.915 bits per heavy atom. The molecule has 2 heterocycles. The molecule has 1 fully saturated rings. The van der Waals surface area contributed by atoms with Gasteiger partial charge in [-0.25, -0.2) is 26.0 Å². The first-order valence-corrected chi connectivity index (χ1v) is 33.5. The summed E-state index contributed by atoms with van der Waals surface area (Å²) in [6, 6.07) is 44.3. The highest BCUT2D eigenvalue weighted by atomic mass is 35.5. The molecule has 0 radical (unpaired) electrons. The summed E-state index contributed by atoms with van der Waals surface area (Å²) in [6.07, 6.45) is 3.40. The fourth-order valence-electron chi connectivity index (χ4n) is 7.76. The zero-order valence-electron chi connectivity index (χ0n) is 49.8. The highest BCUT2D eigenvalue weighted by Crippen LogP contribution is 2.29. The van der Waals surface area contributed by atoms with Crippen LogP contribution in [0.1, 0.15) is 27.8 Å². The summed E-state index contributed by atoms with van der Waals surface area (Å²) in [5.41, 5.74) is 12.6. The van der Waals surface area contributed by atoms with Gasteiger partial charge < -0.3 is 67.8 Å². The number of sulfonamides is 2. The molecule has 494 valence electrons. The second-order valence-electron chi connectivity index (χ2n) is 19.7. The summed E-state index contributed by atoms with van der Waals surface area (Å²) in [5.74, 6) is -2.45. The molecule has 0 bridgehead atoms. The predicted molar refractivity (Wildman–Crippen MR) is 385 cm³/mol. The molecule has 14 N–H and O–H groups in total. The molecule has 0 unspecified atom stereocenters. The van der Waals surface area contributed by atoms with Crippen LogP contribution in [0, 0.1) is 5.82 Å². The lowest BCUT2D eigenvalue weighted by molar-refractivity contribution is -0.118. The number of nitrogens with two attached hydrogens (primary N) is 1. The molecule has 3 amide bonds. The van der Waals surface area contributed by atoms with Crippen LogP contribution in [0.15, 0.2) is 174 Å². The minimum absolute atomic E-state index is 0.0231. The molecule has 0 atom stereocenters. The predicted octanol–water partition coefficient (Wildman–Crippen LogP) is 12.4. The van der Waals surface area contributed by atoms with Gasteiger partial charge in [0.1, 0.15) is 5.82 Å². The second kappa shape index (κ2) is 35.7. The fourth-order valence-corrected chi connectivity index (χ4v) is 10.4. The number of aromatic carboxylic acids is 1. The van der Waals surface area contributed by atoms with Crippen LogP contribution in [0.4, 0.5) is 72.6 Å². The minimum Gasteiger partial charge on any atom is -0.475 e. The smallest absolute Gasteiger partial charge is 0.371 e. The van der Waals surface area contributed by atoms with Gasteiger partial charge in [0, 0.05) is 71.2 Å². The number of nitrogens with zero attached hydrogens (tertiary/aromatic N) is 1. The first kappa shape index (κ1) is 73.8. The van der Waals surface area contributed by atoms with E-state index in [2.05, 4.69) is 61.7 Å². The second-order valence-corrected chi connectivity index (χ2v) is 25.6. The van der Waals surface area contributed by atoms with Gasteiger partial charge >= 0.3 is 5.97 Å². The minimum atomic E-state index is -3.44. The summed E-state index contributed by atoms with van der Waals surface area (Å²) >= 11 is 34.3. The van der Waals surface area contributed by atoms with Crippen LogP contribution < -0.4 is 63.0 Å². The molecule has 1 saturated heterocycles. The molecular weight excluding hydrogens is 1380 g/mol. The van der Waals surface area contributed by atoms with E-state index in [1.807, 2.05) is 17.0 Å². The number of carboxylic acid groups (broad SMARTS) is 1. The Hall–Kier alpha value is -9.21. The Labute approximate surface area is 571 Å². The number of hydrogen-bond donors (Lipinski definition) is 13. The maximum absolute atomic E-state index is 13.7. The molecule has 0 saturated carbocycles. The van der Waals surface area contributed by atoms with Crippen LogP contribution in [0.3, 0.4) is 0 Å². The number of furan rings is 1. The van der Waals surface area contributed by atoms with E-state index in [1.54, 1.807) is 103 Å². The Morgan fingerprint density at radius 3 is 1.29 bits per heavy atom. The van der Waals surface area contributed by atoms with Crippen LogP contribution in [0.2, 0.25) is 15.1 Å². The zero-order valence-corrected chi connectivity index (χ0v) is 56.2. The number of amides is 3. The quantitative estimate of drug-likeness (QED) is 0.0297.